The minimum atomic E-state index is -0.216. The molecule has 1 rings (SSSR count). The van der Waals surface area contributed by atoms with Gasteiger partial charge in [-0.3, -0.25) is 0 Å². The zero-order chi connectivity index (χ0) is 5.98. The van der Waals surface area contributed by atoms with Crippen LogP contribution in [0.3, 0.4) is 0 Å². The highest BCUT2D eigenvalue weighted by Crippen LogP contribution is 2.30. The lowest BCUT2D eigenvalue weighted by molar-refractivity contribution is 0.255. The lowest BCUT2D eigenvalue weighted by atomic mass is 10.2. The van der Waals surface area contributed by atoms with Crippen molar-refractivity contribution in [3.63, 3.8) is 0 Å². The zero-order valence-electron chi connectivity index (χ0n) is 4.58. The maximum absolute atomic E-state index is 8.88. The van der Waals surface area contributed by atoms with E-state index in [1.807, 2.05) is 0 Å². The molecular formula is C5H10O2S. The van der Waals surface area contributed by atoms with Crippen molar-refractivity contribution in [3.8, 4) is 0 Å². The van der Waals surface area contributed by atoms with Crippen LogP contribution in [0.4, 0.5) is 0 Å². The van der Waals surface area contributed by atoms with Gasteiger partial charge in [-0.05, 0) is 12.8 Å². The molecule has 2 N–H and O–H groups in total. The Morgan fingerprint density at radius 2 is 2.25 bits per heavy atom. The summed E-state index contributed by atoms with van der Waals surface area (Å²) >= 11 is 1.47. The second-order valence-electron chi connectivity index (χ2n) is 1.97. The van der Waals surface area contributed by atoms with Crippen molar-refractivity contribution in [2.75, 3.05) is 6.61 Å². The predicted molar refractivity (Wildman–Crippen MR) is 33.7 cm³/mol. The van der Waals surface area contributed by atoms with E-state index in [0.29, 0.717) is 5.25 Å². The molecule has 1 heterocycles. The van der Waals surface area contributed by atoms with Crippen LogP contribution in [0, 0.1) is 0 Å². The Bertz CT molecular complexity index is 76.8. The van der Waals surface area contributed by atoms with Gasteiger partial charge in [0.2, 0.25) is 0 Å². The number of aliphatic hydroxyl groups is 2. The molecule has 8 heavy (non-hydrogen) atoms. The van der Waals surface area contributed by atoms with E-state index in [-0.39, 0.29) is 12.0 Å². The van der Waals surface area contributed by atoms with Gasteiger partial charge in [-0.1, -0.05) is 0 Å². The Morgan fingerprint density at radius 1 is 1.50 bits per heavy atom. The van der Waals surface area contributed by atoms with E-state index < -0.39 is 0 Å². The third-order valence-electron chi connectivity index (χ3n) is 1.29. The SMILES string of the molecule is OC[C@H]1CC[C@@H](O)S1. The normalized spacial score (nSPS) is 38.2. The fourth-order valence-corrected chi connectivity index (χ4v) is 1.90. The third-order valence-corrected chi connectivity index (χ3v) is 2.61. The lowest BCUT2D eigenvalue weighted by Gasteiger charge is -2.00. The average Bonchev–Trinajstić information content (AvgIpc) is 2.14. The number of hydrogen-bond acceptors (Lipinski definition) is 3. The van der Waals surface area contributed by atoms with E-state index >= 15 is 0 Å². The summed E-state index contributed by atoms with van der Waals surface area (Å²) in [6.45, 7) is 0.210. The summed E-state index contributed by atoms with van der Waals surface area (Å²) < 4.78 is 0. The van der Waals surface area contributed by atoms with Gasteiger partial charge in [0.15, 0.2) is 0 Å². The minimum absolute atomic E-state index is 0.210. The van der Waals surface area contributed by atoms with Crippen LogP contribution < -0.4 is 0 Å². The van der Waals surface area contributed by atoms with Gasteiger partial charge in [0.1, 0.15) is 0 Å². The van der Waals surface area contributed by atoms with Gasteiger partial charge < -0.3 is 10.2 Å². The summed E-state index contributed by atoms with van der Waals surface area (Å²) in [7, 11) is 0. The van der Waals surface area contributed by atoms with Crippen LogP contribution in [0.25, 0.3) is 0 Å². The fourth-order valence-electron chi connectivity index (χ4n) is 0.821. The number of aliphatic hydroxyl groups excluding tert-OH is 2. The van der Waals surface area contributed by atoms with Gasteiger partial charge in [-0.15, -0.1) is 11.8 Å². The monoisotopic (exact) mass is 134 g/mol. The molecule has 3 heteroatoms. The molecule has 1 aliphatic heterocycles. The number of rotatable bonds is 1. The summed E-state index contributed by atoms with van der Waals surface area (Å²) in [6.07, 6.45) is 1.80. The molecule has 0 spiro atoms. The Hall–Kier alpha value is 0.270. The Labute approximate surface area is 52.9 Å². The largest absolute Gasteiger partial charge is 0.395 e. The topological polar surface area (TPSA) is 40.5 Å². The summed E-state index contributed by atoms with van der Waals surface area (Å²) in [4.78, 5) is 0. The first-order valence-electron chi connectivity index (χ1n) is 2.77. The fraction of sp³-hybridized carbons (Fsp3) is 1.00. The van der Waals surface area contributed by atoms with Crippen molar-refractivity contribution in [2.45, 2.75) is 23.5 Å². The van der Waals surface area contributed by atoms with Crippen LogP contribution in [-0.4, -0.2) is 27.5 Å². The van der Waals surface area contributed by atoms with E-state index in [4.69, 9.17) is 10.2 Å². The highest BCUT2D eigenvalue weighted by molar-refractivity contribution is 8.00. The van der Waals surface area contributed by atoms with Gasteiger partial charge >= 0.3 is 0 Å². The van der Waals surface area contributed by atoms with Crippen molar-refractivity contribution in [2.24, 2.45) is 0 Å². The van der Waals surface area contributed by atoms with E-state index in [2.05, 4.69) is 0 Å². The average molecular weight is 134 g/mol. The van der Waals surface area contributed by atoms with E-state index in [9.17, 15) is 0 Å². The van der Waals surface area contributed by atoms with E-state index in [1.54, 1.807) is 0 Å². The van der Waals surface area contributed by atoms with Crippen LogP contribution in [0.1, 0.15) is 12.8 Å². The first-order chi connectivity index (χ1) is 3.83. The molecule has 2 nitrogen and oxygen atoms in total. The molecule has 0 aromatic heterocycles. The molecule has 0 aromatic rings. The van der Waals surface area contributed by atoms with E-state index in [1.165, 1.54) is 11.8 Å². The Balaban J connectivity index is 2.22. The number of hydrogen-bond donors (Lipinski definition) is 2. The first kappa shape index (κ1) is 6.39. The van der Waals surface area contributed by atoms with E-state index in [0.717, 1.165) is 12.8 Å². The summed E-state index contributed by atoms with van der Waals surface area (Å²) in [5.74, 6) is 0. The van der Waals surface area contributed by atoms with Gasteiger partial charge in [-0.25, -0.2) is 0 Å². The molecule has 0 aromatic carbocycles. The quantitative estimate of drug-likeness (QED) is 0.538. The van der Waals surface area contributed by atoms with Crippen LogP contribution in [0.5, 0.6) is 0 Å². The van der Waals surface area contributed by atoms with Crippen molar-refractivity contribution in [1.82, 2.24) is 0 Å². The van der Waals surface area contributed by atoms with Gasteiger partial charge in [0, 0.05) is 5.25 Å². The smallest absolute Gasteiger partial charge is 0.0996 e. The molecule has 0 saturated carbocycles. The molecule has 0 bridgehead atoms. The lowest BCUT2D eigenvalue weighted by Crippen LogP contribution is -2.02. The second kappa shape index (κ2) is 2.71. The molecule has 0 unspecified atom stereocenters. The molecule has 0 aliphatic carbocycles. The molecule has 1 fully saturated rings. The van der Waals surface area contributed by atoms with Gasteiger partial charge in [-0.2, -0.15) is 0 Å². The number of thioether (sulfide) groups is 1. The summed E-state index contributed by atoms with van der Waals surface area (Å²) in [5, 5.41) is 17.7. The van der Waals surface area contributed by atoms with Gasteiger partial charge in [0.25, 0.3) is 0 Å². The highest BCUT2D eigenvalue weighted by Gasteiger charge is 2.21. The third kappa shape index (κ3) is 1.37. The predicted octanol–water partition coefficient (Wildman–Crippen LogP) is 0.193. The maximum atomic E-state index is 8.88. The van der Waals surface area contributed by atoms with Crippen LogP contribution >= 0.6 is 11.8 Å². The zero-order valence-corrected chi connectivity index (χ0v) is 5.40. The first-order valence-corrected chi connectivity index (χ1v) is 3.71. The maximum Gasteiger partial charge on any atom is 0.0996 e. The molecule has 1 saturated heterocycles. The van der Waals surface area contributed by atoms with Crippen LogP contribution in [-0.2, 0) is 0 Å². The van der Waals surface area contributed by atoms with Crippen molar-refractivity contribution < 1.29 is 10.2 Å². The molecular weight excluding hydrogens is 124 g/mol. The van der Waals surface area contributed by atoms with Crippen molar-refractivity contribution >= 4 is 11.8 Å². The molecule has 48 valence electrons. The summed E-state index contributed by atoms with van der Waals surface area (Å²) in [6, 6.07) is 0. The summed E-state index contributed by atoms with van der Waals surface area (Å²) in [5.41, 5.74) is -0.216. The molecule has 2 atom stereocenters. The molecule has 0 amide bonds. The Morgan fingerprint density at radius 3 is 2.50 bits per heavy atom. The standard InChI is InChI=1S/C5H10O2S/c6-3-4-1-2-5(7)8-4/h4-7H,1-3H2/t4-,5+/m1/s1. The highest BCUT2D eigenvalue weighted by atomic mass is 32.2. The van der Waals surface area contributed by atoms with Crippen LogP contribution in [0.2, 0.25) is 0 Å². The second-order valence-corrected chi connectivity index (χ2v) is 3.46. The van der Waals surface area contributed by atoms with Crippen molar-refractivity contribution in [1.29, 1.82) is 0 Å². The van der Waals surface area contributed by atoms with Gasteiger partial charge in [0.05, 0.1) is 12.0 Å². The Kier molecular flexibility index (Phi) is 2.16. The van der Waals surface area contributed by atoms with Crippen LogP contribution in [0.15, 0.2) is 0 Å². The van der Waals surface area contributed by atoms with Crippen molar-refractivity contribution in [3.05, 3.63) is 0 Å². The minimum Gasteiger partial charge on any atom is -0.395 e. The molecule has 0 radical (unpaired) electrons. The molecule has 1 aliphatic rings.